The lowest BCUT2D eigenvalue weighted by Crippen LogP contribution is -2.48. The Bertz CT molecular complexity index is 2840. The van der Waals surface area contributed by atoms with Gasteiger partial charge in [0.2, 0.25) is 22.0 Å². The topological polar surface area (TPSA) is 172 Å². The van der Waals surface area contributed by atoms with Gasteiger partial charge in [-0.25, -0.2) is 18.2 Å². The summed E-state index contributed by atoms with van der Waals surface area (Å²) in [6.45, 7) is 17.9. The third-order valence-electron chi connectivity index (χ3n) is 11.6. The van der Waals surface area contributed by atoms with Crippen LogP contribution >= 0.6 is 11.6 Å². The van der Waals surface area contributed by atoms with Crippen LogP contribution in [0.25, 0.3) is 22.7 Å². The Morgan fingerprint density at radius 2 is 1.65 bits per heavy atom. The number of Topliss-reactive ketones (excluding diaryl/α,β-unsaturated/α-hetero) is 1. The molecule has 1 aliphatic carbocycles. The Morgan fingerprint density at radius 1 is 0.955 bits per heavy atom. The average Bonchev–Trinajstić information content (AvgIpc) is 3.89. The molecule has 1 atom stereocenters. The summed E-state index contributed by atoms with van der Waals surface area (Å²) in [5, 5.41) is 13.2. The summed E-state index contributed by atoms with van der Waals surface area (Å²) in [6.07, 6.45) is 4.62. The van der Waals surface area contributed by atoms with Gasteiger partial charge in [0, 0.05) is 22.8 Å². The van der Waals surface area contributed by atoms with Crippen LogP contribution in [0, 0.1) is 29.1 Å². The molecule has 2 N–H and O–H groups in total. The molecule has 14 heteroatoms. The van der Waals surface area contributed by atoms with Crippen LogP contribution in [0.3, 0.4) is 0 Å². The fraction of sp³-hybridized carbons (Fsp3) is 0.404. The van der Waals surface area contributed by atoms with Crippen LogP contribution in [0.15, 0.2) is 83.3 Å². The van der Waals surface area contributed by atoms with E-state index < -0.39 is 39.3 Å². The second-order valence-corrected chi connectivity index (χ2v) is 22.4. The van der Waals surface area contributed by atoms with Crippen molar-refractivity contribution in [2.75, 3.05) is 21.2 Å². The van der Waals surface area contributed by atoms with Gasteiger partial charge >= 0.3 is 6.09 Å². The monoisotopic (exact) mass is 933 g/mol. The number of amides is 2. The highest BCUT2D eigenvalue weighted by molar-refractivity contribution is 7.92. The van der Waals surface area contributed by atoms with Crippen molar-refractivity contribution in [3.63, 3.8) is 0 Å². The maximum Gasteiger partial charge on any atom is 0.415 e. The number of aryl methyl sites for hydroxylation is 1. The fourth-order valence-corrected chi connectivity index (χ4v) is 9.46. The van der Waals surface area contributed by atoms with Gasteiger partial charge in [-0.2, -0.15) is 5.26 Å². The van der Waals surface area contributed by atoms with Crippen molar-refractivity contribution in [1.82, 2.24) is 4.98 Å². The number of halogens is 1. The van der Waals surface area contributed by atoms with Gasteiger partial charge in [-0.3, -0.25) is 19.2 Å². The average molecular weight is 935 g/mol. The minimum atomic E-state index is -3.48. The predicted octanol–water partition coefficient (Wildman–Crippen LogP) is 12.0. The molecule has 66 heavy (non-hydrogen) atoms. The summed E-state index contributed by atoms with van der Waals surface area (Å²) >= 11 is 6.57. The van der Waals surface area contributed by atoms with E-state index in [1.807, 2.05) is 37.3 Å². The van der Waals surface area contributed by atoms with E-state index in [0.29, 0.717) is 47.3 Å². The number of oxazole rings is 1. The minimum Gasteiger partial charge on any atom is -0.435 e. The smallest absolute Gasteiger partial charge is 0.415 e. The summed E-state index contributed by atoms with van der Waals surface area (Å²) in [5.41, 5.74) is 5.71. The van der Waals surface area contributed by atoms with Gasteiger partial charge in [0.05, 0.1) is 17.0 Å². The number of anilines is 3. The molecule has 0 saturated heterocycles. The number of ether oxygens (including phenoxy) is 1. The van der Waals surface area contributed by atoms with E-state index in [2.05, 4.69) is 56.8 Å². The first kappa shape index (κ1) is 49.5. The van der Waals surface area contributed by atoms with Gasteiger partial charge in [-0.15, -0.1) is 0 Å². The third-order valence-corrected chi connectivity index (χ3v) is 12.5. The Hall–Kier alpha value is -5.97. The molecule has 0 bridgehead atoms. The largest absolute Gasteiger partial charge is 0.435 e. The molecule has 2 amide bonds. The number of nitriles is 1. The van der Waals surface area contributed by atoms with E-state index in [9.17, 15) is 28.1 Å². The van der Waals surface area contributed by atoms with Crippen molar-refractivity contribution in [3.8, 4) is 6.07 Å². The number of carbonyl (C=O) groups excluding carboxylic acids is 3. The molecule has 6 rings (SSSR count). The second-order valence-electron chi connectivity index (χ2n) is 20.3. The predicted molar refractivity (Wildman–Crippen MR) is 263 cm³/mol. The van der Waals surface area contributed by atoms with Crippen molar-refractivity contribution in [2.24, 2.45) is 10.8 Å². The van der Waals surface area contributed by atoms with Crippen LogP contribution in [0.2, 0.25) is 5.02 Å². The first-order chi connectivity index (χ1) is 30.8. The molecule has 1 fully saturated rings. The Labute approximate surface area is 393 Å². The van der Waals surface area contributed by atoms with Crippen molar-refractivity contribution in [1.29, 1.82) is 5.26 Å². The Kier molecular flexibility index (Phi) is 14.6. The highest BCUT2D eigenvalue weighted by Crippen LogP contribution is 2.38. The summed E-state index contributed by atoms with van der Waals surface area (Å²) < 4.78 is 38.1. The van der Waals surface area contributed by atoms with Crippen LogP contribution in [-0.2, 0) is 36.2 Å². The van der Waals surface area contributed by atoms with E-state index in [0.717, 1.165) is 47.8 Å². The van der Waals surface area contributed by atoms with Gasteiger partial charge < -0.3 is 14.5 Å². The summed E-state index contributed by atoms with van der Waals surface area (Å²) in [6, 6.07) is 25.4. The molecule has 1 heterocycles. The van der Waals surface area contributed by atoms with Crippen LogP contribution < -0.4 is 14.9 Å². The number of aromatic nitrogens is 1. The molecule has 4 aromatic carbocycles. The zero-order valence-electron chi connectivity index (χ0n) is 39.5. The summed E-state index contributed by atoms with van der Waals surface area (Å²) in [5.74, 6) is -1.27. The Balaban J connectivity index is 1.25. The van der Waals surface area contributed by atoms with Crippen molar-refractivity contribution in [3.05, 3.63) is 118 Å². The normalized spacial score (nSPS) is 14.4. The molecule has 1 aromatic heterocycles. The molecular formula is C52H60ClN5O7S. The van der Waals surface area contributed by atoms with Gasteiger partial charge in [0.1, 0.15) is 17.2 Å². The summed E-state index contributed by atoms with van der Waals surface area (Å²) in [7, 11) is -3.48. The first-order valence-electron chi connectivity index (χ1n) is 22.1. The number of carbonyl (C=O) groups is 3. The highest BCUT2D eigenvalue weighted by Gasteiger charge is 2.41. The van der Waals surface area contributed by atoms with Crippen molar-refractivity contribution >= 4 is 79.2 Å². The zero-order valence-corrected chi connectivity index (χ0v) is 41.0. The molecule has 12 nitrogen and oxygen atoms in total. The van der Waals surface area contributed by atoms with E-state index >= 15 is 0 Å². The Morgan fingerprint density at radius 3 is 2.29 bits per heavy atom. The fourth-order valence-electron chi connectivity index (χ4n) is 8.74. The quantitative estimate of drug-likeness (QED) is 0.0812. The number of benzene rings is 4. The van der Waals surface area contributed by atoms with E-state index in [4.69, 9.17) is 25.7 Å². The molecule has 348 valence electrons. The first-order valence-corrected chi connectivity index (χ1v) is 24.4. The van der Waals surface area contributed by atoms with Crippen LogP contribution in [0.4, 0.5) is 21.9 Å². The number of rotatable bonds is 14. The number of allylic oxidation sites excluding steroid dienone is 1. The number of sulfonamides is 1. The van der Waals surface area contributed by atoms with Crippen LogP contribution in [0.1, 0.15) is 121 Å². The van der Waals surface area contributed by atoms with Gasteiger partial charge in [0.15, 0.2) is 11.4 Å². The number of fused-ring (bicyclic) bond motifs is 1. The number of hydrogen-bond donors (Lipinski definition) is 2. The number of nitrogens with one attached hydrogen (secondary N) is 2. The number of ketones is 1. The van der Waals surface area contributed by atoms with Crippen molar-refractivity contribution in [2.45, 2.75) is 118 Å². The lowest BCUT2D eigenvalue weighted by Gasteiger charge is -2.32. The van der Waals surface area contributed by atoms with E-state index in [-0.39, 0.29) is 39.0 Å². The number of hydrogen-bond acceptors (Lipinski definition) is 9. The molecular weight excluding hydrogens is 874 g/mol. The van der Waals surface area contributed by atoms with Gasteiger partial charge in [-0.05, 0) is 126 Å². The number of nitrogens with zero attached hydrogens (tertiary/aromatic N) is 3. The molecule has 1 saturated carbocycles. The SMILES string of the molecule is Cc1cc(N(C(=O)OC(C(=O)Nc2cc(Cc3cccc(NS(C)(=O)=O)c3)ccc2Cl)C(=O)C(C)(C)C)C2CCCC2)ccc1/C=C(\C#N)c1nc2cc(C(C)(C)CC(C)(C)C)ccc2o1. The molecule has 1 unspecified atom stereocenters. The van der Waals surface area contributed by atoms with Gasteiger partial charge in [0.25, 0.3) is 5.91 Å². The molecule has 5 aromatic rings. The third kappa shape index (κ3) is 12.5. The van der Waals surface area contributed by atoms with Crippen LogP contribution in [0.5, 0.6) is 0 Å². The zero-order chi connectivity index (χ0) is 48.4. The molecule has 1 aliphatic rings. The standard InChI is InChI=1S/C52H60ClN5O7S/c1-32-24-40(21-19-35(32)28-36(30-54)48-56-43-29-37(20-23-44(43)64-48)52(8,9)31-50(2,3)4)58(39-16-11-12-17-39)49(61)65-45(46(59)51(5,6)7)47(60)55-42-27-34(18-22-41(42)53)25-33-14-13-15-38(26-33)57-66(10,62)63/h13-15,18-24,26-29,39,45,57H,11-12,16-17,25,31H2,1-10H3,(H,55,60)/b36-28+. The van der Waals surface area contributed by atoms with E-state index in [1.54, 1.807) is 69.3 Å². The minimum absolute atomic E-state index is 0.103. The van der Waals surface area contributed by atoms with Crippen molar-refractivity contribution < 1.29 is 32.0 Å². The second kappa shape index (κ2) is 19.5. The maximum atomic E-state index is 14.4. The lowest BCUT2D eigenvalue weighted by atomic mass is 9.72. The molecule has 0 spiro atoms. The lowest BCUT2D eigenvalue weighted by molar-refractivity contribution is -0.142. The molecule has 0 aliphatic heterocycles. The van der Waals surface area contributed by atoms with Crippen LogP contribution in [-0.4, -0.2) is 49.6 Å². The van der Waals surface area contributed by atoms with Gasteiger partial charge in [-0.1, -0.05) is 110 Å². The van der Waals surface area contributed by atoms with E-state index in [1.165, 1.54) is 4.90 Å². The highest BCUT2D eigenvalue weighted by atomic mass is 35.5. The maximum absolute atomic E-state index is 14.4. The summed E-state index contributed by atoms with van der Waals surface area (Å²) in [4.78, 5) is 48.8. The molecule has 0 radical (unpaired) electrons.